The maximum absolute atomic E-state index is 12.4. The Morgan fingerprint density at radius 3 is 2.21 bits per heavy atom. The average Bonchev–Trinajstić information content (AvgIpc) is 2.82. The molecule has 2 aliphatic heterocycles. The zero-order valence-corrected chi connectivity index (χ0v) is 13.7. The Kier molecular flexibility index (Phi) is 3.88. The molecule has 2 atom stereocenters. The number of amides is 4. The van der Waals surface area contributed by atoms with Gasteiger partial charge in [-0.15, -0.1) is 12.3 Å². The van der Waals surface area contributed by atoms with E-state index < -0.39 is 11.8 Å². The van der Waals surface area contributed by atoms with Crippen molar-refractivity contribution < 1.29 is 19.2 Å². The quantitative estimate of drug-likeness (QED) is 0.422. The fourth-order valence-electron chi connectivity index (χ4n) is 3.42. The first kappa shape index (κ1) is 16.2. The average molecular weight is 326 g/mol. The van der Waals surface area contributed by atoms with Crippen LogP contribution in [0.15, 0.2) is 22.8 Å². The van der Waals surface area contributed by atoms with Crippen molar-refractivity contribution in [3.05, 3.63) is 22.8 Å². The van der Waals surface area contributed by atoms with Crippen molar-refractivity contribution >= 4 is 23.6 Å². The van der Waals surface area contributed by atoms with Gasteiger partial charge < -0.3 is 0 Å². The number of nitrogens with zero attached hydrogens (tertiary/aromatic N) is 2. The Hall–Kier alpha value is -2.68. The molecule has 2 heterocycles. The molecule has 1 fully saturated rings. The smallest absolute Gasteiger partial charge is 0.256 e. The fraction of sp³-hybridized carbons (Fsp3) is 0.444. The third-order valence-electron chi connectivity index (χ3n) is 5.03. The molecule has 3 rings (SSSR count). The molecule has 1 aliphatic carbocycles. The lowest BCUT2D eigenvalue weighted by Crippen LogP contribution is -2.35. The van der Waals surface area contributed by atoms with E-state index in [1.165, 1.54) is 9.80 Å². The molecular weight excluding hydrogens is 308 g/mol. The van der Waals surface area contributed by atoms with Crippen molar-refractivity contribution in [2.45, 2.75) is 26.7 Å². The molecule has 0 aromatic rings. The molecule has 0 aromatic carbocycles. The molecule has 0 aromatic heterocycles. The molecule has 2 unspecified atom stereocenters. The summed E-state index contributed by atoms with van der Waals surface area (Å²) >= 11 is 0. The predicted molar refractivity (Wildman–Crippen MR) is 84.9 cm³/mol. The minimum atomic E-state index is -0.446. The lowest BCUT2D eigenvalue weighted by atomic mass is 9.75. The first-order chi connectivity index (χ1) is 11.4. The van der Waals surface area contributed by atoms with Crippen LogP contribution >= 0.6 is 0 Å². The zero-order chi connectivity index (χ0) is 17.6. The van der Waals surface area contributed by atoms with Crippen LogP contribution in [-0.4, -0.2) is 46.5 Å². The van der Waals surface area contributed by atoms with E-state index in [-0.39, 0.29) is 36.7 Å². The van der Waals surface area contributed by atoms with E-state index in [0.29, 0.717) is 24.0 Å². The number of terminal acetylenes is 1. The molecule has 6 nitrogen and oxygen atoms in total. The van der Waals surface area contributed by atoms with Gasteiger partial charge in [-0.1, -0.05) is 11.6 Å². The van der Waals surface area contributed by atoms with Gasteiger partial charge in [-0.25, -0.2) is 0 Å². The summed E-state index contributed by atoms with van der Waals surface area (Å²) in [5.41, 5.74) is 1.76. The topological polar surface area (TPSA) is 74.8 Å². The van der Waals surface area contributed by atoms with Crippen LogP contribution in [-0.2, 0) is 19.2 Å². The number of likely N-dealkylation sites (tertiary alicyclic amines) is 1. The summed E-state index contributed by atoms with van der Waals surface area (Å²) in [6, 6.07) is 0. The monoisotopic (exact) mass is 326 g/mol. The van der Waals surface area contributed by atoms with Crippen molar-refractivity contribution in [1.82, 2.24) is 9.80 Å². The number of fused-ring (bicyclic) bond motifs is 1. The molecule has 0 bridgehead atoms. The number of rotatable bonds is 5. The third kappa shape index (κ3) is 2.20. The van der Waals surface area contributed by atoms with E-state index >= 15 is 0 Å². The van der Waals surface area contributed by atoms with Crippen LogP contribution < -0.4 is 0 Å². The summed E-state index contributed by atoms with van der Waals surface area (Å²) in [5, 5.41) is 0. The summed E-state index contributed by atoms with van der Waals surface area (Å²) < 4.78 is 0. The molecule has 1 saturated heterocycles. The highest BCUT2D eigenvalue weighted by atomic mass is 16.2. The Balaban J connectivity index is 1.63. The number of carbonyl (C=O) groups excluding carboxylic acids is 4. The maximum Gasteiger partial charge on any atom is 0.256 e. The van der Waals surface area contributed by atoms with Gasteiger partial charge in [-0.05, 0) is 20.3 Å². The van der Waals surface area contributed by atoms with E-state index in [9.17, 15) is 19.2 Å². The number of imide groups is 2. The van der Waals surface area contributed by atoms with E-state index in [4.69, 9.17) is 6.42 Å². The first-order valence-electron chi connectivity index (χ1n) is 7.91. The Morgan fingerprint density at radius 1 is 1.00 bits per heavy atom. The van der Waals surface area contributed by atoms with E-state index in [1.54, 1.807) is 19.9 Å². The van der Waals surface area contributed by atoms with Gasteiger partial charge in [-0.2, -0.15) is 0 Å². The number of hydrogen-bond donors (Lipinski definition) is 0. The van der Waals surface area contributed by atoms with Crippen LogP contribution in [0.25, 0.3) is 0 Å². The summed E-state index contributed by atoms with van der Waals surface area (Å²) in [7, 11) is 0. The minimum Gasteiger partial charge on any atom is -0.281 e. The molecule has 0 spiro atoms. The van der Waals surface area contributed by atoms with Crippen LogP contribution in [0.2, 0.25) is 0 Å². The summed E-state index contributed by atoms with van der Waals surface area (Å²) in [4.78, 5) is 51.0. The highest BCUT2D eigenvalue weighted by molar-refractivity contribution is 6.18. The predicted octanol–water partition coefficient (Wildman–Crippen LogP) is 0.646. The van der Waals surface area contributed by atoms with E-state index in [2.05, 4.69) is 5.92 Å². The second-order valence-electron chi connectivity index (χ2n) is 6.29. The Morgan fingerprint density at radius 2 is 1.62 bits per heavy atom. The lowest BCUT2D eigenvalue weighted by Gasteiger charge is -2.27. The number of hydrogen-bond acceptors (Lipinski definition) is 4. The highest BCUT2D eigenvalue weighted by Gasteiger charge is 2.52. The van der Waals surface area contributed by atoms with Gasteiger partial charge in [0.25, 0.3) is 11.8 Å². The fourth-order valence-corrected chi connectivity index (χ4v) is 3.42. The second-order valence-corrected chi connectivity index (χ2v) is 6.29. The largest absolute Gasteiger partial charge is 0.281 e. The van der Waals surface area contributed by atoms with Crippen LogP contribution in [0, 0.1) is 24.2 Å². The lowest BCUT2D eigenvalue weighted by molar-refractivity contribution is -0.139. The van der Waals surface area contributed by atoms with Gasteiger partial charge >= 0.3 is 0 Å². The normalized spacial score (nSPS) is 26.0. The molecule has 4 amide bonds. The Bertz CT molecular complexity index is 744. The van der Waals surface area contributed by atoms with Crippen molar-refractivity contribution in [3.63, 3.8) is 0 Å². The SMILES string of the molecule is C#CCCN1C(=O)C2C=C(CCN3C(=O)C(C)=C(C)C3=O)C2C1=O. The second kappa shape index (κ2) is 5.75. The van der Waals surface area contributed by atoms with E-state index in [0.717, 1.165) is 5.57 Å². The molecule has 0 radical (unpaired) electrons. The molecule has 124 valence electrons. The zero-order valence-electron chi connectivity index (χ0n) is 13.7. The van der Waals surface area contributed by atoms with Crippen LogP contribution in [0.1, 0.15) is 26.7 Å². The van der Waals surface area contributed by atoms with Crippen LogP contribution in [0.4, 0.5) is 0 Å². The summed E-state index contributed by atoms with van der Waals surface area (Å²) in [5.74, 6) is 0.594. The van der Waals surface area contributed by atoms with Gasteiger partial charge in [0.15, 0.2) is 0 Å². The van der Waals surface area contributed by atoms with Gasteiger partial charge in [0.1, 0.15) is 0 Å². The Labute approximate surface area is 140 Å². The van der Waals surface area contributed by atoms with E-state index in [1.807, 2.05) is 0 Å². The third-order valence-corrected chi connectivity index (χ3v) is 5.03. The van der Waals surface area contributed by atoms with Crippen molar-refractivity contribution in [1.29, 1.82) is 0 Å². The summed E-state index contributed by atoms with van der Waals surface area (Å²) in [6.07, 6.45) is 7.73. The molecule has 0 N–H and O–H groups in total. The molecule has 0 saturated carbocycles. The van der Waals surface area contributed by atoms with Crippen molar-refractivity contribution in [2.24, 2.45) is 11.8 Å². The highest BCUT2D eigenvalue weighted by Crippen LogP contribution is 2.43. The standard InChI is InChI=1S/C18H18N2O4/c1-4-5-7-19-17(23)13-9-12(14(13)18(19)24)6-8-20-15(21)10(2)11(3)16(20)22/h1,9,13-14H,5-8H2,2-3H3. The van der Waals surface area contributed by atoms with Crippen LogP contribution in [0.3, 0.4) is 0 Å². The van der Waals surface area contributed by atoms with Crippen LogP contribution in [0.5, 0.6) is 0 Å². The number of carbonyl (C=O) groups is 4. The minimum absolute atomic E-state index is 0.203. The molecule has 24 heavy (non-hydrogen) atoms. The van der Waals surface area contributed by atoms with Gasteiger partial charge in [0.05, 0.1) is 11.8 Å². The van der Waals surface area contributed by atoms with Gasteiger partial charge in [-0.3, -0.25) is 29.0 Å². The molecule has 6 heteroatoms. The molecule has 3 aliphatic rings. The van der Waals surface area contributed by atoms with Crippen molar-refractivity contribution in [3.8, 4) is 12.3 Å². The molecular formula is C18H18N2O4. The summed E-state index contributed by atoms with van der Waals surface area (Å²) in [6.45, 7) is 3.74. The first-order valence-corrected chi connectivity index (χ1v) is 7.91. The maximum atomic E-state index is 12.4. The van der Waals surface area contributed by atoms with Gasteiger partial charge in [0, 0.05) is 30.7 Å². The van der Waals surface area contributed by atoms with Gasteiger partial charge in [0.2, 0.25) is 11.8 Å². The van der Waals surface area contributed by atoms with Crippen molar-refractivity contribution in [2.75, 3.05) is 13.1 Å².